The Morgan fingerprint density at radius 2 is 1.90 bits per heavy atom. The summed E-state index contributed by atoms with van der Waals surface area (Å²) in [4.78, 5) is 4.60. The Morgan fingerprint density at radius 1 is 1.17 bits per heavy atom. The summed E-state index contributed by atoms with van der Waals surface area (Å²) in [6.45, 7) is 3.00. The molecule has 0 spiro atoms. The molecule has 1 aliphatic rings. The predicted molar refractivity (Wildman–Crippen MR) is 125 cm³/mol. The highest BCUT2D eigenvalue weighted by Crippen LogP contribution is 2.47. The molecule has 0 atom stereocenters. The lowest BCUT2D eigenvalue weighted by molar-refractivity contribution is 0.601. The van der Waals surface area contributed by atoms with Crippen LogP contribution in [0.3, 0.4) is 0 Å². The summed E-state index contributed by atoms with van der Waals surface area (Å²) in [5.41, 5.74) is 2.68. The maximum Gasteiger partial charge on any atom is 0.191 e. The molecule has 0 unspecified atom stereocenters. The molecule has 3 rings (SSSR count). The normalized spacial score (nSPS) is 15.4. The molecule has 1 aliphatic carbocycles. The van der Waals surface area contributed by atoms with Gasteiger partial charge in [-0.1, -0.05) is 24.3 Å². The van der Waals surface area contributed by atoms with Crippen LogP contribution in [0.2, 0.25) is 0 Å². The van der Waals surface area contributed by atoms with Gasteiger partial charge in [0, 0.05) is 31.8 Å². The number of benzene rings is 2. The molecule has 0 bridgehead atoms. The Balaban J connectivity index is 0.00000300. The van der Waals surface area contributed by atoms with E-state index in [0.29, 0.717) is 23.9 Å². The van der Waals surface area contributed by atoms with Gasteiger partial charge in [-0.3, -0.25) is 4.99 Å². The van der Waals surface area contributed by atoms with Crippen molar-refractivity contribution in [3.8, 4) is 0 Å². The van der Waals surface area contributed by atoms with Crippen molar-refractivity contribution in [1.82, 2.24) is 10.6 Å². The Labute approximate surface area is 189 Å². The number of halogens is 2. The van der Waals surface area contributed by atoms with Gasteiger partial charge in [-0.25, -0.2) is 12.8 Å². The molecule has 1 fully saturated rings. The Bertz CT molecular complexity index is 1000. The van der Waals surface area contributed by atoms with Crippen molar-refractivity contribution >= 4 is 39.8 Å². The first-order chi connectivity index (χ1) is 13.2. The van der Waals surface area contributed by atoms with E-state index in [9.17, 15) is 12.8 Å². The zero-order chi connectivity index (χ0) is 20.4. The van der Waals surface area contributed by atoms with Gasteiger partial charge in [0.15, 0.2) is 15.8 Å². The lowest BCUT2D eigenvalue weighted by Crippen LogP contribution is -2.40. The van der Waals surface area contributed by atoms with Crippen molar-refractivity contribution in [1.29, 1.82) is 0 Å². The first-order valence-electron chi connectivity index (χ1n) is 9.24. The van der Waals surface area contributed by atoms with Crippen LogP contribution in [-0.4, -0.2) is 34.2 Å². The number of hydrogen-bond donors (Lipinski definition) is 2. The van der Waals surface area contributed by atoms with E-state index in [1.165, 1.54) is 12.3 Å². The van der Waals surface area contributed by atoms with E-state index >= 15 is 0 Å². The van der Waals surface area contributed by atoms with Gasteiger partial charge in [0.05, 0.1) is 4.90 Å². The second-order valence-corrected chi connectivity index (χ2v) is 9.43. The first-order valence-corrected chi connectivity index (χ1v) is 11.1. The van der Waals surface area contributed by atoms with E-state index in [4.69, 9.17) is 0 Å². The van der Waals surface area contributed by atoms with E-state index in [-0.39, 0.29) is 35.2 Å². The lowest BCUT2D eigenvalue weighted by Gasteiger charge is -2.19. The summed E-state index contributed by atoms with van der Waals surface area (Å²) < 4.78 is 37.0. The molecule has 0 radical (unpaired) electrons. The molecule has 2 N–H and O–H groups in total. The summed E-state index contributed by atoms with van der Waals surface area (Å²) in [7, 11) is -1.51. The second kappa shape index (κ2) is 9.42. The molecule has 1 saturated carbocycles. The van der Waals surface area contributed by atoms with Gasteiger partial charge in [0.25, 0.3) is 0 Å². The van der Waals surface area contributed by atoms with Crippen molar-refractivity contribution < 1.29 is 12.8 Å². The molecule has 158 valence electrons. The SMILES string of the molecule is CN=C(NCc1ccc(S(C)(=O)=O)c(C)c1)NCC1(c2cccc(F)c2)CC1.I. The third-order valence-electron chi connectivity index (χ3n) is 5.21. The quantitative estimate of drug-likeness (QED) is 0.340. The Hall–Kier alpha value is -1.68. The summed E-state index contributed by atoms with van der Waals surface area (Å²) in [6, 6.07) is 12.1. The number of guanidine groups is 1. The molecular weight excluding hydrogens is 504 g/mol. The Kier molecular flexibility index (Phi) is 7.67. The van der Waals surface area contributed by atoms with Gasteiger partial charge in [0.1, 0.15) is 5.82 Å². The van der Waals surface area contributed by atoms with E-state index in [1.807, 2.05) is 12.1 Å². The molecule has 29 heavy (non-hydrogen) atoms. The third-order valence-corrected chi connectivity index (χ3v) is 6.46. The minimum Gasteiger partial charge on any atom is -0.356 e. The molecule has 5 nitrogen and oxygen atoms in total. The summed E-state index contributed by atoms with van der Waals surface area (Å²) in [6.07, 6.45) is 3.25. The summed E-state index contributed by atoms with van der Waals surface area (Å²) in [5.74, 6) is 0.451. The molecule has 0 aliphatic heterocycles. The number of nitrogens with one attached hydrogen (secondary N) is 2. The van der Waals surface area contributed by atoms with E-state index in [2.05, 4.69) is 15.6 Å². The molecule has 8 heteroatoms. The highest BCUT2D eigenvalue weighted by atomic mass is 127. The smallest absolute Gasteiger partial charge is 0.191 e. The van der Waals surface area contributed by atoms with E-state index in [1.54, 1.807) is 38.2 Å². The zero-order valence-corrected chi connectivity index (χ0v) is 20.0. The predicted octanol–water partition coefficient (Wildman–Crippen LogP) is 3.55. The average Bonchev–Trinajstić information content (AvgIpc) is 3.42. The van der Waals surface area contributed by atoms with Crippen molar-refractivity contribution in [2.24, 2.45) is 4.99 Å². The lowest BCUT2D eigenvalue weighted by atomic mass is 9.96. The fourth-order valence-electron chi connectivity index (χ4n) is 3.43. The highest BCUT2D eigenvalue weighted by molar-refractivity contribution is 14.0. The van der Waals surface area contributed by atoms with Gasteiger partial charge in [0.2, 0.25) is 0 Å². The van der Waals surface area contributed by atoms with Crippen molar-refractivity contribution in [3.63, 3.8) is 0 Å². The Morgan fingerprint density at radius 3 is 2.45 bits per heavy atom. The van der Waals surface area contributed by atoms with E-state index < -0.39 is 9.84 Å². The fourth-order valence-corrected chi connectivity index (χ4v) is 4.39. The van der Waals surface area contributed by atoms with Crippen molar-refractivity contribution in [3.05, 3.63) is 65.0 Å². The molecule has 0 amide bonds. The van der Waals surface area contributed by atoms with Crippen LogP contribution < -0.4 is 10.6 Å². The van der Waals surface area contributed by atoms with Crippen LogP contribution >= 0.6 is 24.0 Å². The number of nitrogens with zero attached hydrogens (tertiary/aromatic N) is 1. The molecule has 0 saturated heterocycles. The van der Waals surface area contributed by atoms with Crippen LogP contribution in [0.4, 0.5) is 4.39 Å². The van der Waals surface area contributed by atoms with Crippen molar-refractivity contribution in [2.75, 3.05) is 19.8 Å². The first kappa shape index (κ1) is 23.6. The fraction of sp³-hybridized carbons (Fsp3) is 0.381. The maximum absolute atomic E-state index is 13.5. The number of sulfone groups is 1. The van der Waals surface area contributed by atoms with Gasteiger partial charge in [-0.05, 0) is 54.7 Å². The number of aliphatic imine (C=N–C) groups is 1. The number of rotatable bonds is 6. The summed E-state index contributed by atoms with van der Waals surface area (Å²) in [5, 5.41) is 6.58. The van der Waals surface area contributed by atoms with Crippen LogP contribution in [0.1, 0.15) is 29.5 Å². The molecular formula is C21H27FIN3O2S. The monoisotopic (exact) mass is 531 g/mol. The zero-order valence-electron chi connectivity index (χ0n) is 16.8. The van der Waals surface area contributed by atoms with Gasteiger partial charge in [-0.15, -0.1) is 24.0 Å². The standard InChI is InChI=1S/C21H26FN3O2S.HI/c1-15-11-16(7-8-19(15)28(3,26)27)13-24-20(23-2)25-14-21(9-10-21)17-5-4-6-18(22)12-17;/h4-8,11-12H,9-10,13-14H2,1-3H3,(H2,23,24,25);1H. The van der Waals surface area contributed by atoms with Gasteiger partial charge >= 0.3 is 0 Å². The number of aryl methyl sites for hydroxylation is 1. The average molecular weight is 531 g/mol. The van der Waals surface area contributed by atoms with Crippen molar-refractivity contribution in [2.45, 2.75) is 36.6 Å². The van der Waals surface area contributed by atoms with Gasteiger partial charge in [-0.2, -0.15) is 0 Å². The van der Waals surface area contributed by atoms with E-state index in [0.717, 1.165) is 29.5 Å². The molecule has 0 aromatic heterocycles. The van der Waals surface area contributed by atoms with Crippen LogP contribution in [0.15, 0.2) is 52.4 Å². The van der Waals surface area contributed by atoms with Gasteiger partial charge < -0.3 is 10.6 Å². The molecule has 2 aromatic carbocycles. The largest absolute Gasteiger partial charge is 0.356 e. The minimum atomic E-state index is -3.22. The highest BCUT2D eigenvalue weighted by Gasteiger charge is 2.44. The molecule has 0 heterocycles. The molecule has 2 aromatic rings. The minimum absolute atomic E-state index is 0. The van der Waals surface area contributed by atoms with Crippen LogP contribution in [0.25, 0.3) is 0 Å². The summed E-state index contributed by atoms with van der Waals surface area (Å²) >= 11 is 0. The topological polar surface area (TPSA) is 70.6 Å². The second-order valence-electron chi connectivity index (χ2n) is 7.44. The number of hydrogen-bond acceptors (Lipinski definition) is 3. The van der Waals surface area contributed by atoms with Crippen LogP contribution in [0.5, 0.6) is 0 Å². The van der Waals surface area contributed by atoms with Crippen LogP contribution in [0, 0.1) is 12.7 Å². The maximum atomic E-state index is 13.5. The third kappa shape index (κ3) is 5.91. The van der Waals surface area contributed by atoms with Crippen LogP contribution in [-0.2, 0) is 21.8 Å².